The Kier molecular flexibility index (Phi) is 6.68. The van der Waals surface area contributed by atoms with Gasteiger partial charge in [-0.25, -0.2) is 31.2 Å². The molecule has 41 heavy (non-hydrogen) atoms. The number of imidazole rings is 1. The number of hydrogen-bond donors (Lipinski definition) is 1. The number of hydrogen-bond acceptors (Lipinski definition) is 7. The highest BCUT2D eigenvalue weighted by Crippen LogP contribution is 2.46. The average molecular weight is 618 g/mol. The molecule has 2 aliphatic heterocycles. The minimum absolute atomic E-state index is 0.0954. The summed E-state index contributed by atoms with van der Waals surface area (Å²) >= 11 is 6.50. The van der Waals surface area contributed by atoms with Gasteiger partial charge in [0.25, 0.3) is 0 Å². The standard InChI is InChI=1S/C27H25ClFN5O5S2/c1-40(36,37)34-14-27(15-34)21(7-8-41(27,38)39)26(35)32-25-11-20(22(28)12-30-25)18-5-6-23-24(10-18)33(16-31-23)13-17-3-2-4-19(29)9-17/h2-6,9-12,16,21H,7-8,13-15H2,1H3,(H,30,32,35). The van der Waals surface area contributed by atoms with Crippen molar-refractivity contribution in [2.75, 3.05) is 30.4 Å². The van der Waals surface area contributed by atoms with Gasteiger partial charge in [0.05, 0.1) is 40.3 Å². The zero-order chi connectivity index (χ0) is 29.2. The van der Waals surface area contributed by atoms with Gasteiger partial charge in [-0.2, -0.15) is 4.31 Å². The third kappa shape index (κ3) is 4.90. The van der Waals surface area contributed by atoms with Crippen LogP contribution in [0.15, 0.2) is 61.1 Å². The van der Waals surface area contributed by atoms with Crippen molar-refractivity contribution in [3.05, 3.63) is 77.5 Å². The smallest absolute Gasteiger partial charge is 0.230 e. The van der Waals surface area contributed by atoms with E-state index < -0.39 is 36.4 Å². The number of rotatable bonds is 6. The molecule has 2 aromatic carbocycles. The number of sulfone groups is 1. The number of fused-ring (bicyclic) bond motifs is 1. The molecule has 1 atom stereocenters. The number of carbonyl (C=O) groups excluding carboxylic acids is 1. The molecule has 1 unspecified atom stereocenters. The normalized spacial score (nSPS) is 19.8. The van der Waals surface area contributed by atoms with Crippen LogP contribution in [0.4, 0.5) is 10.2 Å². The van der Waals surface area contributed by atoms with Crippen molar-refractivity contribution in [2.45, 2.75) is 17.7 Å². The van der Waals surface area contributed by atoms with E-state index >= 15 is 0 Å². The molecule has 2 saturated heterocycles. The van der Waals surface area contributed by atoms with Crippen molar-refractivity contribution >= 4 is 54.2 Å². The van der Waals surface area contributed by atoms with Crippen LogP contribution in [0.5, 0.6) is 0 Å². The first-order valence-electron chi connectivity index (χ1n) is 12.7. The molecule has 6 rings (SSSR count). The van der Waals surface area contributed by atoms with Crippen LogP contribution in [0.3, 0.4) is 0 Å². The number of amides is 1. The van der Waals surface area contributed by atoms with Gasteiger partial charge in [0, 0.05) is 31.4 Å². The third-order valence-corrected chi connectivity index (χ3v) is 11.9. The maximum Gasteiger partial charge on any atom is 0.230 e. The summed E-state index contributed by atoms with van der Waals surface area (Å²) in [5, 5.41) is 3.06. The Labute approximate surface area is 241 Å². The van der Waals surface area contributed by atoms with Gasteiger partial charge in [-0.15, -0.1) is 0 Å². The van der Waals surface area contributed by atoms with Crippen molar-refractivity contribution in [1.29, 1.82) is 0 Å². The number of halogens is 2. The van der Waals surface area contributed by atoms with Gasteiger partial charge in [0.2, 0.25) is 15.9 Å². The molecule has 2 aliphatic rings. The molecular formula is C27H25ClFN5O5S2. The number of pyridine rings is 1. The Morgan fingerprint density at radius 3 is 2.68 bits per heavy atom. The zero-order valence-electron chi connectivity index (χ0n) is 21.8. The molecule has 0 aliphatic carbocycles. The Balaban J connectivity index is 1.27. The second kappa shape index (κ2) is 9.86. The molecule has 1 N–H and O–H groups in total. The summed E-state index contributed by atoms with van der Waals surface area (Å²) < 4.78 is 64.8. The molecule has 0 saturated carbocycles. The fourth-order valence-electron chi connectivity index (χ4n) is 5.65. The molecular weight excluding hydrogens is 593 g/mol. The van der Waals surface area contributed by atoms with E-state index in [1.54, 1.807) is 18.5 Å². The summed E-state index contributed by atoms with van der Waals surface area (Å²) in [6.45, 7) is -0.0738. The number of carbonyl (C=O) groups is 1. The minimum Gasteiger partial charge on any atom is -0.326 e. The number of nitrogens with zero attached hydrogens (tertiary/aromatic N) is 4. The van der Waals surface area contributed by atoms with Crippen molar-refractivity contribution < 1.29 is 26.0 Å². The molecule has 1 amide bonds. The molecule has 10 nitrogen and oxygen atoms in total. The van der Waals surface area contributed by atoms with E-state index in [-0.39, 0.29) is 36.9 Å². The predicted molar refractivity (Wildman–Crippen MR) is 153 cm³/mol. The molecule has 2 fully saturated rings. The largest absolute Gasteiger partial charge is 0.326 e. The zero-order valence-corrected chi connectivity index (χ0v) is 24.2. The van der Waals surface area contributed by atoms with Crippen molar-refractivity contribution in [2.24, 2.45) is 5.92 Å². The van der Waals surface area contributed by atoms with E-state index in [1.165, 1.54) is 18.3 Å². The summed E-state index contributed by atoms with van der Waals surface area (Å²) in [6, 6.07) is 13.5. The van der Waals surface area contributed by atoms with Crippen LogP contribution in [0, 0.1) is 11.7 Å². The van der Waals surface area contributed by atoms with Gasteiger partial charge in [-0.3, -0.25) is 4.79 Å². The van der Waals surface area contributed by atoms with Gasteiger partial charge in [0.1, 0.15) is 16.4 Å². The number of aromatic nitrogens is 3. The number of sulfonamides is 1. The highest BCUT2D eigenvalue weighted by atomic mass is 35.5. The van der Waals surface area contributed by atoms with E-state index in [0.717, 1.165) is 32.7 Å². The molecule has 0 bridgehead atoms. The van der Waals surface area contributed by atoms with E-state index in [1.807, 2.05) is 28.8 Å². The molecule has 2 aromatic heterocycles. The minimum atomic E-state index is -3.67. The number of anilines is 1. The molecule has 14 heteroatoms. The van der Waals surface area contributed by atoms with Crippen LogP contribution >= 0.6 is 11.6 Å². The van der Waals surface area contributed by atoms with E-state index in [0.29, 0.717) is 17.1 Å². The lowest BCUT2D eigenvalue weighted by molar-refractivity contribution is -0.121. The molecule has 0 radical (unpaired) electrons. The highest BCUT2D eigenvalue weighted by molar-refractivity contribution is 7.93. The van der Waals surface area contributed by atoms with Crippen LogP contribution in [0.1, 0.15) is 12.0 Å². The average Bonchev–Trinajstić information content (AvgIpc) is 3.40. The van der Waals surface area contributed by atoms with Crippen LogP contribution < -0.4 is 5.32 Å². The summed E-state index contributed by atoms with van der Waals surface area (Å²) in [5.74, 6) is -1.78. The Morgan fingerprint density at radius 2 is 1.95 bits per heavy atom. The first-order chi connectivity index (χ1) is 19.4. The quantitative estimate of drug-likeness (QED) is 0.351. The van der Waals surface area contributed by atoms with Gasteiger partial charge in [-0.1, -0.05) is 29.8 Å². The number of benzene rings is 2. The third-order valence-electron chi connectivity index (χ3n) is 7.88. The van der Waals surface area contributed by atoms with Crippen LogP contribution in [-0.2, 0) is 31.2 Å². The van der Waals surface area contributed by atoms with E-state index in [4.69, 9.17) is 11.6 Å². The number of nitrogens with one attached hydrogen (secondary N) is 1. The van der Waals surface area contributed by atoms with Gasteiger partial charge in [0.15, 0.2) is 9.84 Å². The summed E-state index contributed by atoms with van der Waals surface area (Å²) in [4.78, 5) is 22.0. The fraction of sp³-hybridized carbons (Fsp3) is 0.296. The predicted octanol–water partition coefficient (Wildman–Crippen LogP) is 3.33. The summed E-state index contributed by atoms with van der Waals surface area (Å²) in [6.07, 6.45) is 4.19. The van der Waals surface area contributed by atoms with Crippen molar-refractivity contribution in [3.8, 4) is 11.1 Å². The Morgan fingerprint density at radius 1 is 1.17 bits per heavy atom. The first kappa shape index (κ1) is 27.8. The Hall–Kier alpha value is -3.39. The topological polar surface area (TPSA) is 131 Å². The van der Waals surface area contributed by atoms with Crippen LogP contribution in [0.2, 0.25) is 5.02 Å². The van der Waals surface area contributed by atoms with Gasteiger partial charge in [-0.05, 0) is 47.9 Å². The van der Waals surface area contributed by atoms with Gasteiger partial charge < -0.3 is 9.88 Å². The second-order valence-corrected chi connectivity index (χ2v) is 15.3. The van der Waals surface area contributed by atoms with E-state index in [2.05, 4.69) is 15.3 Å². The lowest BCUT2D eigenvalue weighted by Crippen LogP contribution is -2.69. The summed E-state index contributed by atoms with van der Waals surface area (Å²) in [7, 11) is -7.25. The molecule has 214 valence electrons. The Bertz CT molecular complexity index is 1920. The SMILES string of the molecule is CS(=O)(=O)N1CC2(C1)C(C(=O)Nc1cc(-c3ccc4ncn(Cc5cccc(F)c5)c4c3)c(Cl)cn1)CCS2(=O)=O. The van der Waals surface area contributed by atoms with Crippen LogP contribution in [-0.4, -0.2) is 71.4 Å². The second-order valence-electron chi connectivity index (χ2n) is 10.5. The molecule has 1 spiro atoms. The lowest BCUT2D eigenvalue weighted by Gasteiger charge is -2.47. The monoisotopic (exact) mass is 617 g/mol. The van der Waals surface area contributed by atoms with Crippen molar-refractivity contribution in [1.82, 2.24) is 18.8 Å². The van der Waals surface area contributed by atoms with E-state index in [9.17, 15) is 26.0 Å². The first-order valence-corrected chi connectivity index (χ1v) is 16.6. The molecule has 4 aromatic rings. The van der Waals surface area contributed by atoms with Crippen molar-refractivity contribution in [3.63, 3.8) is 0 Å². The maximum absolute atomic E-state index is 13.7. The van der Waals surface area contributed by atoms with Gasteiger partial charge >= 0.3 is 0 Å². The summed E-state index contributed by atoms with van der Waals surface area (Å²) in [5.41, 5.74) is 3.62. The van der Waals surface area contributed by atoms with Crippen LogP contribution in [0.25, 0.3) is 22.2 Å². The fourth-order valence-corrected chi connectivity index (χ4v) is 9.27. The lowest BCUT2D eigenvalue weighted by atomic mass is 9.84. The highest BCUT2D eigenvalue weighted by Gasteiger charge is 2.65. The maximum atomic E-state index is 13.7. The molecule has 4 heterocycles.